The van der Waals surface area contributed by atoms with E-state index in [1.54, 1.807) is 13.8 Å². The van der Waals surface area contributed by atoms with Gasteiger partial charge in [0.1, 0.15) is 29.1 Å². The first-order chi connectivity index (χ1) is 11.8. The van der Waals surface area contributed by atoms with Crippen molar-refractivity contribution in [2.45, 2.75) is 19.9 Å². The number of para-hydroxylation sites is 1. The van der Waals surface area contributed by atoms with Crippen molar-refractivity contribution in [3.63, 3.8) is 0 Å². The maximum absolute atomic E-state index is 13.7. The number of hydrogen-bond acceptors (Lipinski definition) is 2. The molecule has 0 bridgehead atoms. The van der Waals surface area contributed by atoms with E-state index in [0.717, 1.165) is 18.2 Å². The summed E-state index contributed by atoms with van der Waals surface area (Å²) < 4.78 is 41.1. The summed E-state index contributed by atoms with van der Waals surface area (Å²) in [4.78, 5) is 24.5. The fourth-order valence-electron chi connectivity index (χ4n) is 2.24. The molecule has 2 amide bonds. The molecule has 0 saturated heterocycles. The van der Waals surface area contributed by atoms with Crippen molar-refractivity contribution in [2.75, 3.05) is 5.32 Å². The lowest BCUT2D eigenvalue weighted by molar-refractivity contribution is -0.118. The summed E-state index contributed by atoms with van der Waals surface area (Å²) in [5, 5.41) is 4.66. The lowest BCUT2D eigenvalue weighted by Crippen LogP contribution is -2.47. The Morgan fingerprint density at radius 2 is 1.44 bits per heavy atom. The molecule has 0 radical (unpaired) electrons. The predicted molar refractivity (Wildman–Crippen MR) is 87.5 cm³/mol. The number of anilines is 1. The lowest BCUT2D eigenvalue weighted by atomic mass is 10.0. The van der Waals surface area contributed by atoms with Gasteiger partial charge in [0.15, 0.2) is 0 Å². The molecule has 0 saturated carbocycles. The smallest absolute Gasteiger partial charge is 0.257 e. The summed E-state index contributed by atoms with van der Waals surface area (Å²) >= 11 is 0. The number of amides is 2. The van der Waals surface area contributed by atoms with Gasteiger partial charge < -0.3 is 10.6 Å². The SMILES string of the molecule is CC(C)C(NC(=O)c1c(F)cccc1F)C(=O)Nc1ccccc1F. The van der Waals surface area contributed by atoms with Crippen molar-refractivity contribution in [3.8, 4) is 0 Å². The van der Waals surface area contributed by atoms with Crippen LogP contribution in [0.25, 0.3) is 0 Å². The average molecular weight is 350 g/mol. The minimum absolute atomic E-state index is 0.0514. The lowest BCUT2D eigenvalue weighted by Gasteiger charge is -2.22. The Hall–Kier alpha value is -2.83. The predicted octanol–water partition coefficient (Wildman–Crippen LogP) is 3.50. The van der Waals surface area contributed by atoms with Crippen molar-refractivity contribution < 1.29 is 22.8 Å². The molecule has 2 aromatic carbocycles. The molecule has 132 valence electrons. The van der Waals surface area contributed by atoms with Crippen LogP contribution in [0.3, 0.4) is 0 Å². The molecule has 1 unspecified atom stereocenters. The summed E-state index contributed by atoms with van der Waals surface area (Å²) in [6, 6.07) is 7.46. The number of hydrogen-bond donors (Lipinski definition) is 2. The van der Waals surface area contributed by atoms with Gasteiger partial charge in [0, 0.05) is 0 Å². The van der Waals surface area contributed by atoms with Crippen molar-refractivity contribution in [1.29, 1.82) is 0 Å². The molecule has 25 heavy (non-hydrogen) atoms. The van der Waals surface area contributed by atoms with E-state index in [9.17, 15) is 22.8 Å². The van der Waals surface area contributed by atoms with Gasteiger partial charge in [-0.2, -0.15) is 0 Å². The number of benzene rings is 2. The van der Waals surface area contributed by atoms with Crippen LogP contribution in [-0.2, 0) is 4.79 Å². The Morgan fingerprint density at radius 3 is 2.00 bits per heavy atom. The van der Waals surface area contributed by atoms with Crippen LogP contribution in [0.2, 0.25) is 0 Å². The molecule has 0 heterocycles. The molecule has 4 nitrogen and oxygen atoms in total. The van der Waals surface area contributed by atoms with Gasteiger partial charge in [-0.25, -0.2) is 13.2 Å². The zero-order chi connectivity index (χ0) is 18.6. The van der Waals surface area contributed by atoms with E-state index in [0.29, 0.717) is 0 Å². The molecule has 0 spiro atoms. The second-order valence-electron chi connectivity index (χ2n) is 5.76. The first-order valence-corrected chi connectivity index (χ1v) is 7.61. The van der Waals surface area contributed by atoms with Crippen molar-refractivity contribution in [1.82, 2.24) is 5.32 Å². The van der Waals surface area contributed by atoms with E-state index in [1.807, 2.05) is 0 Å². The first kappa shape index (κ1) is 18.5. The van der Waals surface area contributed by atoms with Gasteiger partial charge in [-0.3, -0.25) is 9.59 Å². The third-order valence-corrected chi connectivity index (χ3v) is 3.56. The Bertz CT molecular complexity index is 773. The quantitative estimate of drug-likeness (QED) is 0.867. The normalized spacial score (nSPS) is 11.9. The zero-order valence-electron chi connectivity index (χ0n) is 13.6. The van der Waals surface area contributed by atoms with Crippen molar-refractivity contribution in [2.24, 2.45) is 5.92 Å². The summed E-state index contributed by atoms with van der Waals surface area (Å²) in [6.07, 6.45) is 0. The highest BCUT2D eigenvalue weighted by atomic mass is 19.1. The van der Waals surface area contributed by atoms with Gasteiger partial charge in [0.05, 0.1) is 5.69 Å². The number of carbonyl (C=O) groups excluding carboxylic acids is 2. The molecule has 0 aliphatic heterocycles. The molecule has 0 aromatic heterocycles. The first-order valence-electron chi connectivity index (χ1n) is 7.61. The molecule has 0 aliphatic rings. The second-order valence-corrected chi connectivity index (χ2v) is 5.76. The van der Waals surface area contributed by atoms with E-state index >= 15 is 0 Å². The molecule has 2 N–H and O–H groups in total. The van der Waals surface area contributed by atoms with E-state index in [1.165, 1.54) is 24.3 Å². The summed E-state index contributed by atoms with van der Waals surface area (Å²) in [5.41, 5.74) is -0.823. The van der Waals surface area contributed by atoms with E-state index in [-0.39, 0.29) is 5.69 Å². The molecule has 0 fully saturated rings. The third kappa shape index (κ3) is 4.37. The van der Waals surface area contributed by atoms with E-state index in [2.05, 4.69) is 10.6 Å². The van der Waals surface area contributed by atoms with Gasteiger partial charge in [-0.1, -0.05) is 32.0 Å². The van der Waals surface area contributed by atoms with Crippen LogP contribution in [0.5, 0.6) is 0 Å². The molecular weight excluding hydrogens is 333 g/mol. The topological polar surface area (TPSA) is 58.2 Å². The van der Waals surface area contributed by atoms with Gasteiger partial charge >= 0.3 is 0 Å². The van der Waals surface area contributed by atoms with Crippen LogP contribution < -0.4 is 10.6 Å². The average Bonchev–Trinajstić information content (AvgIpc) is 2.54. The van der Waals surface area contributed by atoms with Crippen LogP contribution in [0.15, 0.2) is 42.5 Å². The second kappa shape index (κ2) is 7.83. The molecule has 1 atom stereocenters. The highest BCUT2D eigenvalue weighted by Crippen LogP contribution is 2.16. The minimum Gasteiger partial charge on any atom is -0.340 e. The van der Waals surface area contributed by atoms with Crippen LogP contribution in [-0.4, -0.2) is 17.9 Å². The van der Waals surface area contributed by atoms with Crippen LogP contribution in [0.4, 0.5) is 18.9 Å². The molecular formula is C18H17F3N2O2. The molecule has 0 aliphatic carbocycles. The zero-order valence-corrected chi connectivity index (χ0v) is 13.6. The fraction of sp³-hybridized carbons (Fsp3) is 0.222. The highest BCUT2D eigenvalue weighted by molar-refractivity contribution is 6.01. The van der Waals surface area contributed by atoms with Gasteiger partial charge in [0.25, 0.3) is 5.91 Å². The number of rotatable bonds is 5. The van der Waals surface area contributed by atoms with Gasteiger partial charge in [-0.05, 0) is 30.2 Å². The molecule has 2 rings (SSSR count). The summed E-state index contributed by atoms with van der Waals surface area (Å²) in [7, 11) is 0. The maximum atomic E-state index is 13.7. The largest absolute Gasteiger partial charge is 0.340 e. The Labute approximate surface area is 143 Å². The van der Waals surface area contributed by atoms with Crippen LogP contribution in [0, 0.1) is 23.4 Å². The van der Waals surface area contributed by atoms with E-state index in [4.69, 9.17) is 0 Å². The van der Waals surface area contributed by atoms with Crippen molar-refractivity contribution >= 4 is 17.5 Å². The number of halogens is 3. The monoisotopic (exact) mass is 350 g/mol. The molecule has 2 aromatic rings. The van der Waals surface area contributed by atoms with Gasteiger partial charge in [0.2, 0.25) is 5.91 Å². The number of carbonyl (C=O) groups is 2. The Morgan fingerprint density at radius 1 is 0.880 bits per heavy atom. The standard InChI is InChI=1S/C18H17F3N2O2/c1-10(2)16(18(25)22-14-9-4-3-6-11(14)19)23-17(24)15-12(20)7-5-8-13(15)21/h3-10,16H,1-2H3,(H,22,25)(H,23,24). The van der Waals surface area contributed by atoms with Crippen LogP contribution >= 0.6 is 0 Å². The number of nitrogens with one attached hydrogen (secondary N) is 2. The summed E-state index contributed by atoms with van der Waals surface area (Å²) in [5.74, 6) is -4.84. The fourth-order valence-corrected chi connectivity index (χ4v) is 2.24. The molecule has 7 heteroatoms. The van der Waals surface area contributed by atoms with Gasteiger partial charge in [-0.15, -0.1) is 0 Å². The Balaban J connectivity index is 2.19. The van der Waals surface area contributed by atoms with Crippen molar-refractivity contribution in [3.05, 3.63) is 65.5 Å². The maximum Gasteiger partial charge on any atom is 0.257 e. The van der Waals surface area contributed by atoms with Crippen LogP contribution in [0.1, 0.15) is 24.2 Å². The summed E-state index contributed by atoms with van der Waals surface area (Å²) in [6.45, 7) is 3.28. The third-order valence-electron chi connectivity index (χ3n) is 3.56. The minimum atomic E-state index is -1.11. The highest BCUT2D eigenvalue weighted by Gasteiger charge is 2.27. The Kier molecular flexibility index (Phi) is 5.80. The van der Waals surface area contributed by atoms with E-state index < -0.39 is 46.8 Å².